The normalized spacial score (nSPS) is 21.7. The molecule has 0 heterocycles. The van der Waals surface area contributed by atoms with E-state index in [-0.39, 0.29) is 24.1 Å². The highest BCUT2D eigenvalue weighted by Gasteiger charge is 2.26. The molecule has 0 radical (unpaired) electrons. The molecule has 2 rings (SSSR count). The van der Waals surface area contributed by atoms with Gasteiger partial charge in [-0.3, -0.25) is 4.79 Å². The van der Waals surface area contributed by atoms with Crippen LogP contribution in [0.4, 0.5) is 4.79 Å². The van der Waals surface area contributed by atoms with Crippen LogP contribution in [0.3, 0.4) is 0 Å². The number of benzene rings is 1. The maximum absolute atomic E-state index is 12.1. The molecular formula is C18H26N2O4. The molecule has 0 aliphatic heterocycles. The van der Waals surface area contributed by atoms with E-state index in [0.29, 0.717) is 38.8 Å². The lowest BCUT2D eigenvalue weighted by Crippen LogP contribution is -2.45. The zero-order valence-electron chi connectivity index (χ0n) is 14.0. The third-order valence-electron chi connectivity index (χ3n) is 4.40. The van der Waals surface area contributed by atoms with Gasteiger partial charge >= 0.3 is 12.0 Å². The van der Waals surface area contributed by atoms with Crippen molar-refractivity contribution in [2.24, 2.45) is 5.92 Å². The molecule has 24 heavy (non-hydrogen) atoms. The summed E-state index contributed by atoms with van der Waals surface area (Å²) in [4.78, 5) is 23.0. The summed E-state index contributed by atoms with van der Waals surface area (Å²) in [6.45, 7) is 2.90. The highest BCUT2D eigenvalue weighted by Crippen LogP contribution is 2.24. The summed E-state index contributed by atoms with van der Waals surface area (Å²) >= 11 is 0. The van der Waals surface area contributed by atoms with E-state index in [1.54, 1.807) is 0 Å². The molecule has 132 valence electrons. The van der Waals surface area contributed by atoms with Gasteiger partial charge in [-0.05, 0) is 38.2 Å². The number of hydrogen-bond donors (Lipinski definition) is 3. The lowest BCUT2D eigenvalue weighted by atomic mass is 9.86. The summed E-state index contributed by atoms with van der Waals surface area (Å²) in [7, 11) is 0. The van der Waals surface area contributed by atoms with Crippen molar-refractivity contribution in [2.45, 2.75) is 44.8 Å². The number of aliphatic carboxylic acids is 1. The SMILES string of the molecule is CCOC(CNC(=O)NC1CCC(C(=O)O)CC1)c1ccccc1. The molecule has 1 aliphatic carbocycles. The average molecular weight is 334 g/mol. The molecule has 1 saturated carbocycles. The minimum Gasteiger partial charge on any atom is -0.481 e. The minimum absolute atomic E-state index is 0.0443. The van der Waals surface area contributed by atoms with Crippen molar-refractivity contribution in [1.82, 2.24) is 10.6 Å². The highest BCUT2D eigenvalue weighted by atomic mass is 16.5. The van der Waals surface area contributed by atoms with Crippen LogP contribution >= 0.6 is 0 Å². The molecule has 6 nitrogen and oxygen atoms in total. The predicted molar refractivity (Wildman–Crippen MR) is 90.7 cm³/mol. The van der Waals surface area contributed by atoms with Crippen molar-refractivity contribution in [3.8, 4) is 0 Å². The minimum atomic E-state index is -0.736. The van der Waals surface area contributed by atoms with Crippen LogP contribution < -0.4 is 10.6 Å². The van der Waals surface area contributed by atoms with Crippen LogP contribution in [-0.2, 0) is 9.53 Å². The first kappa shape index (κ1) is 18.3. The van der Waals surface area contributed by atoms with Crippen LogP contribution in [0.1, 0.15) is 44.3 Å². The number of carboxylic acids is 1. The van der Waals surface area contributed by atoms with Crippen LogP contribution in [0.15, 0.2) is 30.3 Å². The van der Waals surface area contributed by atoms with Gasteiger partial charge in [-0.2, -0.15) is 0 Å². The van der Waals surface area contributed by atoms with Crippen molar-refractivity contribution in [2.75, 3.05) is 13.2 Å². The van der Waals surface area contributed by atoms with Crippen molar-refractivity contribution >= 4 is 12.0 Å². The van der Waals surface area contributed by atoms with Gasteiger partial charge in [-0.1, -0.05) is 30.3 Å². The molecule has 1 aromatic rings. The molecule has 0 saturated heterocycles. The maximum Gasteiger partial charge on any atom is 0.315 e. The number of urea groups is 1. The van der Waals surface area contributed by atoms with Crippen molar-refractivity contribution in [1.29, 1.82) is 0 Å². The quantitative estimate of drug-likeness (QED) is 0.715. The summed E-state index contributed by atoms with van der Waals surface area (Å²) in [6.07, 6.45) is 2.47. The van der Waals surface area contributed by atoms with Crippen LogP contribution in [-0.4, -0.2) is 36.3 Å². The largest absolute Gasteiger partial charge is 0.481 e. The Morgan fingerprint density at radius 2 is 1.88 bits per heavy atom. The number of carbonyl (C=O) groups is 2. The first-order valence-corrected chi connectivity index (χ1v) is 8.53. The molecule has 2 amide bonds. The molecule has 1 aromatic carbocycles. The zero-order valence-corrected chi connectivity index (χ0v) is 14.0. The first-order valence-electron chi connectivity index (χ1n) is 8.53. The molecule has 3 N–H and O–H groups in total. The van der Waals surface area contributed by atoms with Gasteiger partial charge in [-0.15, -0.1) is 0 Å². The number of nitrogens with one attached hydrogen (secondary N) is 2. The third kappa shape index (κ3) is 5.53. The molecule has 0 spiro atoms. The van der Waals surface area contributed by atoms with Crippen molar-refractivity contribution in [3.63, 3.8) is 0 Å². The van der Waals surface area contributed by atoms with E-state index in [4.69, 9.17) is 9.84 Å². The average Bonchev–Trinajstić information content (AvgIpc) is 2.60. The monoisotopic (exact) mass is 334 g/mol. The number of carbonyl (C=O) groups excluding carboxylic acids is 1. The van der Waals surface area contributed by atoms with Crippen molar-refractivity contribution in [3.05, 3.63) is 35.9 Å². The van der Waals surface area contributed by atoms with Crippen LogP contribution in [0.2, 0.25) is 0 Å². The summed E-state index contributed by atoms with van der Waals surface area (Å²) in [5.41, 5.74) is 1.03. The van der Waals surface area contributed by atoms with Gasteiger partial charge < -0.3 is 20.5 Å². The Bertz CT molecular complexity index is 527. The number of amides is 2. The van der Waals surface area contributed by atoms with Crippen LogP contribution in [0.25, 0.3) is 0 Å². The number of ether oxygens (including phenoxy) is 1. The molecule has 6 heteroatoms. The number of hydrogen-bond acceptors (Lipinski definition) is 3. The fourth-order valence-electron chi connectivity index (χ4n) is 3.05. The topological polar surface area (TPSA) is 87.7 Å². The van der Waals surface area contributed by atoms with Gasteiger partial charge in [0.25, 0.3) is 0 Å². The molecule has 1 atom stereocenters. The third-order valence-corrected chi connectivity index (χ3v) is 4.40. The van der Waals surface area contributed by atoms with E-state index >= 15 is 0 Å². The van der Waals surface area contributed by atoms with E-state index in [1.807, 2.05) is 37.3 Å². The van der Waals surface area contributed by atoms with E-state index in [1.165, 1.54) is 0 Å². The van der Waals surface area contributed by atoms with Gasteiger partial charge in [0.05, 0.1) is 12.0 Å². The van der Waals surface area contributed by atoms with Crippen LogP contribution in [0.5, 0.6) is 0 Å². The summed E-state index contributed by atoms with van der Waals surface area (Å²) in [6, 6.07) is 9.61. The second-order valence-electron chi connectivity index (χ2n) is 6.10. The Morgan fingerprint density at radius 3 is 2.46 bits per heavy atom. The second-order valence-corrected chi connectivity index (χ2v) is 6.10. The number of carboxylic acid groups (broad SMARTS) is 1. The number of rotatable bonds is 7. The Balaban J connectivity index is 1.76. The van der Waals surface area contributed by atoms with Gasteiger partial charge in [0, 0.05) is 19.2 Å². The Hall–Kier alpha value is -2.08. The van der Waals surface area contributed by atoms with E-state index in [0.717, 1.165) is 5.56 Å². The molecule has 1 unspecified atom stereocenters. The molecular weight excluding hydrogens is 308 g/mol. The van der Waals surface area contributed by atoms with Gasteiger partial charge in [-0.25, -0.2) is 4.79 Å². The first-order chi connectivity index (χ1) is 11.6. The van der Waals surface area contributed by atoms with E-state index < -0.39 is 5.97 Å². The lowest BCUT2D eigenvalue weighted by Gasteiger charge is -2.27. The predicted octanol–water partition coefficient (Wildman–Crippen LogP) is 2.71. The van der Waals surface area contributed by atoms with E-state index in [2.05, 4.69) is 10.6 Å². The van der Waals surface area contributed by atoms with E-state index in [9.17, 15) is 9.59 Å². The maximum atomic E-state index is 12.1. The van der Waals surface area contributed by atoms with Gasteiger partial charge in [0.15, 0.2) is 0 Å². The standard InChI is InChI=1S/C18H26N2O4/c1-2-24-16(13-6-4-3-5-7-13)12-19-18(23)20-15-10-8-14(9-11-15)17(21)22/h3-7,14-16H,2,8-12H2,1H3,(H,21,22)(H2,19,20,23). The molecule has 1 fully saturated rings. The summed E-state index contributed by atoms with van der Waals surface area (Å²) in [5, 5.41) is 14.8. The fraction of sp³-hybridized carbons (Fsp3) is 0.556. The fourth-order valence-corrected chi connectivity index (χ4v) is 3.05. The summed E-state index contributed by atoms with van der Waals surface area (Å²) < 4.78 is 5.70. The Labute approximate surface area is 142 Å². The van der Waals surface area contributed by atoms with Crippen molar-refractivity contribution < 1.29 is 19.4 Å². The molecule has 1 aliphatic rings. The molecule has 0 aromatic heterocycles. The smallest absolute Gasteiger partial charge is 0.315 e. The van der Waals surface area contributed by atoms with Gasteiger partial charge in [0.2, 0.25) is 0 Å². The zero-order chi connectivity index (χ0) is 17.4. The van der Waals surface area contributed by atoms with Gasteiger partial charge in [0.1, 0.15) is 0 Å². The summed E-state index contributed by atoms with van der Waals surface area (Å²) in [5.74, 6) is -1.01. The molecule has 0 bridgehead atoms. The highest BCUT2D eigenvalue weighted by molar-refractivity contribution is 5.74. The van der Waals surface area contributed by atoms with Crippen LogP contribution in [0, 0.1) is 5.92 Å². The lowest BCUT2D eigenvalue weighted by molar-refractivity contribution is -0.142. The Morgan fingerprint density at radius 1 is 1.21 bits per heavy atom. The Kier molecular flexibility index (Phi) is 7.06. The second kappa shape index (κ2) is 9.27.